The van der Waals surface area contributed by atoms with E-state index >= 15 is 0 Å². The Morgan fingerprint density at radius 1 is 0.724 bits per heavy atom. The maximum atomic E-state index is 12.8. The third kappa shape index (κ3) is 4.30. The molecule has 3 rings (SSSR count). The number of ketones is 1. The zero-order valence-electron chi connectivity index (χ0n) is 14.8. The van der Waals surface area contributed by atoms with Gasteiger partial charge in [-0.3, -0.25) is 29.8 Å². The van der Waals surface area contributed by atoms with Crippen molar-refractivity contribution in [1.82, 2.24) is 0 Å². The lowest BCUT2D eigenvalue weighted by Gasteiger charge is -2.11. The smallest absolute Gasteiger partial charge is 0.270 e. The van der Waals surface area contributed by atoms with E-state index in [1.54, 1.807) is 30.3 Å². The van der Waals surface area contributed by atoms with Crippen LogP contribution in [-0.4, -0.2) is 21.5 Å². The Bertz CT molecular complexity index is 1110. The van der Waals surface area contributed by atoms with Gasteiger partial charge in [-0.25, -0.2) is 0 Å². The quantitative estimate of drug-likeness (QED) is 0.384. The van der Waals surface area contributed by atoms with Crippen molar-refractivity contribution in [3.63, 3.8) is 0 Å². The first-order chi connectivity index (χ1) is 13.9. The van der Waals surface area contributed by atoms with Crippen LogP contribution in [0.25, 0.3) is 0 Å². The largest absolute Gasteiger partial charge is 0.321 e. The predicted octanol–water partition coefficient (Wildman–Crippen LogP) is 3.99. The van der Waals surface area contributed by atoms with Crippen molar-refractivity contribution in [2.75, 3.05) is 5.32 Å². The minimum atomic E-state index is -0.635. The second-order valence-electron chi connectivity index (χ2n) is 5.94. The van der Waals surface area contributed by atoms with Gasteiger partial charge in [0.15, 0.2) is 5.78 Å². The van der Waals surface area contributed by atoms with Crippen LogP contribution in [0.15, 0.2) is 72.8 Å². The highest BCUT2D eigenvalue weighted by molar-refractivity contribution is 6.15. The molecule has 0 unspecified atom stereocenters. The fraction of sp³-hybridized carbons (Fsp3) is 0. The van der Waals surface area contributed by atoms with Crippen LogP contribution in [0.3, 0.4) is 0 Å². The lowest BCUT2D eigenvalue weighted by molar-refractivity contribution is -0.385. The Morgan fingerprint density at radius 2 is 1.31 bits per heavy atom. The van der Waals surface area contributed by atoms with Crippen molar-refractivity contribution < 1.29 is 19.4 Å². The highest BCUT2D eigenvalue weighted by Gasteiger charge is 2.20. The molecule has 0 bridgehead atoms. The standard InChI is InChI=1S/C20H13N3O6/c24-19(13-4-2-1-3-5-13)17-12-16(23(28)29)10-11-18(17)21-20(25)14-6-8-15(9-7-14)22(26)27/h1-12H,(H,21,25). The summed E-state index contributed by atoms with van der Waals surface area (Å²) in [7, 11) is 0. The Labute approximate surface area is 163 Å². The summed E-state index contributed by atoms with van der Waals surface area (Å²) in [4.78, 5) is 45.9. The predicted molar refractivity (Wildman–Crippen MR) is 104 cm³/mol. The Kier molecular flexibility index (Phi) is 5.40. The van der Waals surface area contributed by atoms with Gasteiger partial charge in [0.25, 0.3) is 17.3 Å². The van der Waals surface area contributed by atoms with E-state index in [4.69, 9.17) is 0 Å². The number of amides is 1. The van der Waals surface area contributed by atoms with Crippen LogP contribution < -0.4 is 5.32 Å². The second-order valence-corrected chi connectivity index (χ2v) is 5.94. The zero-order valence-corrected chi connectivity index (χ0v) is 14.8. The molecule has 0 aliphatic heterocycles. The molecule has 0 atom stereocenters. The molecule has 9 heteroatoms. The SMILES string of the molecule is O=C(Nc1ccc([N+](=O)[O-])cc1C(=O)c1ccccc1)c1ccc([N+](=O)[O-])cc1. The summed E-state index contributed by atoms with van der Waals surface area (Å²) in [6.45, 7) is 0. The van der Waals surface area contributed by atoms with Crippen LogP contribution in [0.2, 0.25) is 0 Å². The molecule has 29 heavy (non-hydrogen) atoms. The van der Waals surface area contributed by atoms with E-state index < -0.39 is 21.5 Å². The second kappa shape index (κ2) is 8.09. The first-order valence-electron chi connectivity index (χ1n) is 8.31. The first-order valence-corrected chi connectivity index (χ1v) is 8.31. The Hall–Kier alpha value is -4.40. The number of carbonyl (C=O) groups excluding carboxylic acids is 2. The maximum Gasteiger partial charge on any atom is 0.270 e. The van der Waals surface area contributed by atoms with Gasteiger partial charge in [0.05, 0.1) is 21.1 Å². The van der Waals surface area contributed by atoms with Crippen molar-refractivity contribution in [3.8, 4) is 0 Å². The molecule has 0 fully saturated rings. The Balaban J connectivity index is 1.95. The fourth-order valence-electron chi connectivity index (χ4n) is 2.62. The van der Waals surface area contributed by atoms with E-state index in [0.717, 1.165) is 6.07 Å². The van der Waals surface area contributed by atoms with Gasteiger partial charge in [-0.05, 0) is 18.2 Å². The van der Waals surface area contributed by atoms with Crippen molar-refractivity contribution in [3.05, 3.63) is 110 Å². The number of benzene rings is 3. The van der Waals surface area contributed by atoms with Gasteiger partial charge in [0.1, 0.15) is 0 Å². The summed E-state index contributed by atoms with van der Waals surface area (Å²) in [5, 5.41) is 24.4. The van der Waals surface area contributed by atoms with E-state index in [0.29, 0.717) is 5.56 Å². The zero-order chi connectivity index (χ0) is 21.0. The molecule has 144 valence electrons. The summed E-state index contributed by atoms with van der Waals surface area (Å²) in [5.74, 6) is -1.11. The molecule has 0 radical (unpaired) electrons. The van der Waals surface area contributed by atoms with E-state index in [2.05, 4.69) is 5.32 Å². The molecule has 0 saturated carbocycles. The number of anilines is 1. The van der Waals surface area contributed by atoms with Gasteiger partial charge in [-0.1, -0.05) is 30.3 Å². The number of hydrogen-bond acceptors (Lipinski definition) is 6. The molecule has 1 amide bonds. The molecular formula is C20H13N3O6. The molecule has 0 heterocycles. The van der Waals surface area contributed by atoms with Gasteiger partial charge in [-0.2, -0.15) is 0 Å². The molecule has 3 aromatic carbocycles. The van der Waals surface area contributed by atoms with Gasteiger partial charge in [0, 0.05) is 35.4 Å². The number of carbonyl (C=O) groups is 2. The number of non-ortho nitro benzene ring substituents is 2. The summed E-state index contributed by atoms with van der Waals surface area (Å²) >= 11 is 0. The van der Waals surface area contributed by atoms with Crippen LogP contribution in [0, 0.1) is 20.2 Å². The van der Waals surface area contributed by atoms with Gasteiger partial charge in [-0.15, -0.1) is 0 Å². The lowest BCUT2D eigenvalue weighted by atomic mass is 10.0. The molecule has 0 saturated heterocycles. The van der Waals surface area contributed by atoms with Crippen LogP contribution >= 0.6 is 0 Å². The topological polar surface area (TPSA) is 132 Å². The van der Waals surface area contributed by atoms with E-state index in [1.807, 2.05) is 0 Å². The summed E-state index contributed by atoms with van der Waals surface area (Å²) in [6, 6.07) is 16.6. The monoisotopic (exact) mass is 391 g/mol. The first kappa shape index (κ1) is 19.4. The molecule has 0 spiro atoms. The van der Waals surface area contributed by atoms with E-state index in [1.165, 1.54) is 36.4 Å². The number of nitrogens with zero attached hydrogens (tertiary/aromatic N) is 2. The van der Waals surface area contributed by atoms with Crippen LogP contribution in [0.5, 0.6) is 0 Å². The summed E-state index contributed by atoms with van der Waals surface area (Å²) in [6.07, 6.45) is 0. The van der Waals surface area contributed by atoms with Gasteiger partial charge in [0.2, 0.25) is 0 Å². The number of nitrogens with one attached hydrogen (secondary N) is 1. The van der Waals surface area contributed by atoms with Gasteiger partial charge >= 0.3 is 0 Å². The summed E-state index contributed by atoms with van der Waals surface area (Å²) < 4.78 is 0. The maximum absolute atomic E-state index is 12.8. The molecule has 0 aliphatic carbocycles. The molecular weight excluding hydrogens is 378 g/mol. The highest BCUT2D eigenvalue weighted by atomic mass is 16.6. The molecule has 3 aromatic rings. The molecule has 9 nitrogen and oxygen atoms in total. The highest BCUT2D eigenvalue weighted by Crippen LogP contribution is 2.25. The van der Waals surface area contributed by atoms with E-state index in [-0.39, 0.29) is 28.2 Å². The molecule has 0 aromatic heterocycles. The average Bonchev–Trinajstić information content (AvgIpc) is 2.74. The molecule has 1 N–H and O–H groups in total. The Morgan fingerprint density at radius 3 is 1.90 bits per heavy atom. The number of rotatable bonds is 6. The third-order valence-corrected chi connectivity index (χ3v) is 4.08. The minimum Gasteiger partial charge on any atom is -0.321 e. The molecule has 0 aliphatic rings. The van der Waals surface area contributed by atoms with Crippen LogP contribution in [0.4, 0.5) is 17.1 Å². The fourth-order valence-corrected chi connectivity index (χ4v) is 2.62. The van der Waals surface area contributed by atoms with Gasteiger partial charge < -0.3 is 5.32 Å². The lowest BCUT2D eigenvalue weighted by Crippen LogP contribution is -2.15. The average molecular weight is 391 g/mol. The third-order valence-electron chi connectivity index (χ3n) is 4.08. The van der Waals surface area contributed by atoms with Crippen molar-refractivity contribution in [2.45, 2.75) is 0 Å². The number of nitro benzene ring substituents is 2. The van der Waals surface area contributed by atoms with Crippen molar-refractivity contribution >= 4 is 28.8 Å². The van der Waals surface area contributed by atoms with Crippen LogP contribution in [-0.2, 0) is 0 Å². The van der Waals surface area contributed by atoms with E-state index in [9.17, 15) is 29.8 Å². The van der Waals surface area contributed by atoms with Crippen LogP contribution in [0.1, 0.15) is 26.3 Å². The normalized spacial score (nSPS) is 10.2. The minimum absolute atomic E-state index is 0.0411. The van der Waals surface area contributed by atoms with Crippen molar-refractivity contribution in [2.24, 2.45) is 0 Å². The summed E-state index contributed by atoms with van der Waals surface area (Å²) in [5.41, 5.74) is 0.0220. The number of nitro groups is 2. The van der Waals surface area contributed by atoms with Crippen molar-refractivity contribution in [1.29, 1.82) is 0 Å². The number of hydrogen-bond donors (Lipinski definition) is 1.